The Kier molecular flexibility index (Phi) is 2.68. The highest BCUT2D eigenvalue weighted by Gasteiger charge is 2.03. The summed E-state index contributed by atoms with van der Waals surface area (Å²) in [6.45, 7) is 0. The summed E-state index contributed by atoms with van der Waals surface area (Å²) >= 11 is 0. The zero-order chi connectivity index (χ0) is 13.2. The molecule has 3 rings (SSSR count). The Hall–Kier alpha value is -2.75. The SMILES string of the molecule is O=C(O)c1cccc(Nc2ccc3[nH]ccc3c2)c1. The maximum atomic E-state index is 10.9. The maximum absolute atomic E-state index is 10.9. The van der Waals surface area contributed by atoms with E-state index in [1.54, 1.807) is 18.2 Å². The average molecular weight is 252 g/mol. The lowest BCUT2D eigenvalue weighted by atomic mass is 10.2. The first-order chi connectivity index (χ1) is 9.22. The lowest BCUT2D eigenvalue weighted by molar-refractivity contribution is 0.0697. The molecule has 0 radical (unpaired) electrons. The minimum atomic E-state index is -0.926. The van der Waals surface area contributed by atoms with Crippen LogP contribution in [0.3, 0.4) is 0 Å². The van der Waals surface area contributed by atoms with Crippen LogP contribution in [0.2, 0.25) is 0 Å². The molecule has 2 aromatic carbocycles. The lowest BCUT2D eigenvalue weighted by Gasteiger charge is -2.07. The molecule has 0 aliphatic heterocycles. The van der Waals surface area contributed by atoms with Crippen LogP contribution >= 0.6 is 0 Å². The molecular formula is C15H12N2O2. The molecular weight excluding hydrogens is 240 g/mol. The van der Waals surface area contributed by atoms with E-state index in [1.807, 2.05) is 36.5 Å². The summed E-state index contributed by atoms with van der Waals surface area (Å²) < 4.78 is 0. The third-order valence-corrected chi connectivity index (χ3v) is 2.95. The second-order valence-corrected chi connectivity index (χ2v) is 4.29. The van der Waals surface area contributed by atoms with Crippen LogP contribution in [0.25, 0.3) is 10.9 Å². The van der Waals surface area contributed by atoms with Crippen molar-refractivity contribution in [1.82, 2.24) is 4.98 Å². The van der Waals surface area contributed by atoms with Crippen LogP contribution in [0.5, 0.6) is 0 Å². The van der Waals surface area contributed by atoms with E-state index < -0.39 is 5.97 Å². The summed E-state index contributed by atoms with van der Waals surface area (Å²) in [6.07, 6.45) is 1.89. The number of nitrogens with one attached hydrogen (secondary N) is 2. The predicted octanol–water partition coefficient (Wildman–Crippen LogP) is 3.61. The number of carbonyl (C=O) groups is 1. The number of aromatic carboxylic acids is 1. The number of anilines is 2. The number of aromatic nitrogens is 1. The molecule has 19 heavy (non-hydrogen) atoms. The van der Waals surface area contributed by atoms with Crippen molar-refractivity contribution >= 4 is 28.2 Å². The Morgan fingerprint density at radius 2 is 1.89 bits per heavy atom. The molecule has 1 heterocycles. The number of benzene rings is 2. The van der Waals surface area contributed by atoms with Gasteiger partial charge in [0.05, 0.1) is 5.56 Å². The fourth-order valence-electron chi connectivity index (χ4n) is 2.03. The number of aromatic amines is 1. The molecule has 3 N–H and O–H groups in total. The van der Waals surface area contributed by atoms with Gasteiger partial charge < -0.3 is 15.4 Å². The van der Waals surface area contributed by atoms with Crippen molar-refractivity contribution in [3.8, 4) is 0 Å². The monoisotopic (exact) mass is 252 g/mol. The first-order valence-corrected chi connectivity index (χ1v) is 5.90. The van der Waals surface area contributed by atoms with Gasteiger partial charge in [0.2, 0.25) is 0 Å². The van der Waals surface area contributed by atoms with Gasteiger partial charge in [-0.05, 0) is 42.5 Å². The molecule has 4 nitrogen and oxygen atoms in total. The van der Waals surface area contributed by atoms with Gasteiger partial charge in [-0.1, -0.05) is 6.07 Å². The normalized spacial score (nSPS) is 10.5. The Morgan fingerprint density at radius 3 is 2.74 bits per heavy atom. The Labute approximate surface area is 109 Å². The lowest BCUT2D eigenvalue weighted by Crippen LogP contribution is -1.97. The van der Waals surface area contributed by atoms with E-state index in [0.29, 0.717) is 0 Å². The minimum absolute atomic E-state index is 0.271. The van der Waals surface area contributed by atoms with Gasteiger partial charge in [0.15, 0.2) is 0 Å². The van der Waals surface area contributed by atoms with Crippen molar-refractivity contribution in [2.45, 2.75) is 0 Å². The van der Waals surface area contributed by atoms with Gasteiger partial charge in [-0.3, -0.25) is 0 Å². The van der Waals surface area contributed by atoms with Crippen LogP contribution in [-0.4, -0.2) is 16.1 Å². The first-order valence-electron chi connectivity index (χ1n) is 5.90. The average Bonchev–Trinajstić information content (AvgIpc) is 2.86. The highest BCUT2D eigenvalue weighted by molar-refractivity contribution is 5.89. The van der Waals surface area contributed by atoms with Gasteiger partial charge in [0.1, 0.15) is 0 Å². The molecule has 3 aromatic rings. The summed E-state index contributed by atoms with van der Waals surface area (Å²) in [4.78, 5) is 14.0. The number of rotatable bonds is 3. The van der Waals surface area contributed by atoms with Crippen molar-refractivity contribution in [3.05, 3.63) is 60.3 Å². The topological polar surface area (TPSA) is 65.1 Å². The van der Waals surface area contributed by atoms with Crippen molar-refractivity contribution in [2.24, 2.45) is 0 Å². The third-order valence-electron chi connectivity index (χ3n) is 2.95. The van der Waals surface area contributed by atoms with E-state index in [4.69, 9.17) is 5.11 Å². The van der Waals surface area contributed by atoms with E-state index in [9.17, 15) is 4.79 Å². The zero-order valence-electron chi connectivity index (χ0n) is 10.1. The molecule has 0 aliphatic rings. The minimum Gasteiger partial charge on any atom is -0.478 e. The molecule has 0 bridgehead atoms. The molecule has 4 heteroatoms. The fraction of sp³-hybridized carbons (Fsp3) is 0. The standard InChI is InChI=1S/C15H12N2O2/c18-15(19)11-2-1-3-12(9-11)17-13-4-5-14-10(8-13)6-7-16-14/h1-9,16-17H,(H,18,19). The molecule has 0 atom stereocenters. The number of carboxylic acid groups (broad SMARTS) is 1. The van der Waals surface area contributed by atoms with Crippen molar-refractivity contribution in [3.63, 3.8) is 0 Å². The highest BCUT2D eigenvalue weighted by Crippen LogP contribution is 2.22. The molecule has 0 saturated carbocycles. The van der Waals surface area contributed by atoms with Crippen LogP contribution in [0, 0.1) is 0 Å². The highest BCUT2D eigenvalue weighted by atomic mass is 16.4. The summed E-state index contributed by atoms with van der Waals surface area (Å²) in [5, 5.41) is 13.3. The Balaban J connectivity index is 1.91. The van der Waals surface area contributed by atoms with E-state index in [1.165, 1.54) is 0 Å². The maximum Gasteiger partial charge on any atom is 0.335 e. The van der Waals surface area contributed by atoms with Crippen LogP contribution in [0.1, 0.15) is 10.4 Å². The van der Waals surface area contributed by atoms with E-state index in [-0.39, 0.29) is 5.56 Å². The molecule has 94 valence electrons. The second kappa shape index (κ2) is 4.49. The summed E-state index contributed by atoms with van der Waals surface area (Å²) in [5.41, 5.74) is 3.03. The van der Waals surface area contributed by atoms with Gasteiger partial charge >= 0.3 is 5.97 Å². The first kappa shape index (κ1) is 11.3. The van der Waals surface area contributed by atoms with Crippen molar-refractivity contribution in [1.29, 1.82) is 0 Å². The summed E-state index contributed by atoms with van der Waals surface area (Å²) in [7, 11) is 0. The molecule has 0 spiro atoms. The van der Waals surface area contributed by atoms with Crippen LogP contribution < -0.4 is 5.32 Å². The quantitative estimate of drug-likeness (QED) is 0.667. The van der Waals surface area contributed by atoms with E-state index in [2.05, 4.69) is 10.3 Å². The number of H-pyrrole nitrogens is 1. The number of fused-ring (bicyclic) bond motifs is 1. The molecule has 1 aromatic heterocycles. The van der Waals surface area contributed by atoms with Gasteiger partial charge in [-0.15, -0.1) is 0 Å². The molecule has 0 fully saturated rings. The van der Waals surface area contributed by atoms with Gasteiger partial charge in [-0.2, -0.15) is 0 Å². The van der Waals surface area contributed by atoms with Gasteiger partial charge in [-0.25, -0.2) is 4.79 Å². The molecule has 0 saturated heterocycles. The summed E-state index contributed by atoms with van der Waals surface area (Å²) in [6, 6.07) is 14.7. The number of hydrogen-bond acceptors (Lipinski definition) is 2. The fourth-order valence-corrected chi connectivity index (χ4v) is 2.03. The second-order valence-electron chi connectivity index (χ2n) is 4.29. The summed E-state index contributed by atoms with van der Waals surface area (Å²) in [5.74, 6) is -0.926. The third kappa shape index (κ3) is 2.28. The number of carboxylic acids is 1. The molecule has 0 unspecified atom stereocenters. The smallest absolute Gasteiger partial charge is 0.335 e. The van der Waals surface area contributed by atoms with Crippen molar-refractivity contribution < 1.29 is 9.90 Å². The molecule has 0 amide bonds. The van der Waals surface area contributed by atoms with Crippen LogP contribution in [-0.2, 0) is 0 Å². The Morgan fingerprint density at radius 1 is 1.05 bits per heavy atom. The molecule has 0 aliphatic carbocycles. The van der Waals surface area contributed by atoms with Crippen LogP contribution in [0.4, 0.5) is 11.4 Å². The van der Waals surface area contributed by atoms with Crippen LogP contribution in [0.15, 0.2) is 54.7 Å². The zero-order valence-corrected chi connectivity index (χ0v) is 10.1. The predicted molar refractivity (Wildman–Crippen MR) is 75.0 cm³/mol. The van der Waals surface area contributed by atoms with Crippen molar-refractivity contribution in [2.75, 3.05) is 5.32 Å². The van der Waals surface area contributed by atoms with Gasteiger partial charge in [0.25, 0.3) is 0 Å². The Bertz CT molecular complexity index is 746. The van der Waals surface area contributed by atoms with E-state index in [0.717, 1.165) is 22.3 Å². The number of hydrogen-bond donors (Lipinski definition) is 3. The van der Waals surface area contributed by atoms with Gasteiger partial charge in [0, 0.05) is 28.5 Å². The van der Waals surface area contributed by atoms with E-state index >= 15 is 0 Å². The largest absolute Gasteiger partial charge is 0.478 e.